The number of carboxylic acids is 1. The highest BCUT2D eigenvalue weighted by molar-refractivity contribution is 7.92. The van der Waals surface area contributed by atoms with Crippen molar-refractivity contribution in [2.24, 2.45) is 0 Å². The molecule has 2 aromatic rings. The van der Waals surface area contributed by atoms with Gasteiger partial charge in [-0.2, -0.15) is 13.2 Å². The smallest absolute Gasteiger partial charge is 0.475 e. The zero-order valence-electron chi connectivity index (χ0n) is 23.8. The Morgan fingerprint density at radius 1 is 1.07 bits per heavy atom. The number of aliphatic carboxylic acids is 1. The van der Waals surface area contributed by atoms with Gasteiger partial charge >= 0.3 is 12.1 Å². The standard InChI is InChI=1S/C25H35N5O4S.C2HF3O2/c1-5-10-27-24(31)17-29(4)25(32)20-8-9-22(30-13-11-26-12-14-30)21(16-20)28-35(33,34)23-15-18(2)6-7-19(23)3;3-2(4,5)1(6)7/h6-9,15-16,26,28H,5,10-14,17H2,1-4H3,(H,27,31);(H,6,7). The lowest BCUT2D eigenvalue weighted by atomic mass is 10.1. The van der Waals surface area contributed by atoms with Crippen LogP contribution in [0.15, 0.2) is 41.3 Å². The number of carboxylic acid groups (broad SMARTS) is 1. The molecular weight excluding hydrogens is 579 g/mol. The number of amides is 2. The Hall–Kier alpha value is -3.85. The second kappa shape index (κ2) is 14.9. The van der Waals surface area contributed by atoms with Crippen LogP contribution < -0.4 is 20.3 Å². The van der Waals surface area contributed by atoms with Crippen molar-refractivity contribution in [3.8, 4) is 0 Å². The van der Waals surface area contributed by atoms with Gasteiger partial charge in [0.15, 0.2) is 0 Å². The third-order valence-corrected chi connectivity index (χ3v) is 7.63. The molecule has 42 heavy (non-hydrogen) atoms. The molecule has 1 heterocycles. The summed E-state index contributed by atoms with van der Waals surface area (Å²) in [6.07, 6.45) is -4.28. The van der Waals surface area contributed by atoms with Gasteiger partial charge in [-0.3, -0.25) is 14.3 Å². The van der Waals surface area contributed by atoms with E-state index < -0.39 is 22.2 Å². The Bertz CT molecular complexity index is 1380. The zero-order valence-corrected chi connectivity index (χ0v) is 24.7. The van der Waals surface area contributed by atoms with E-state index in [2.05, 4.69) is 20.3 Å². The Balaban J connectivity index is 0.000000782. The van der Waals surface area contributed by atoms with Crippen LogP contribution in [0, 0.1) is 13.8 Å². The summed E-state index contributed by atoms with van der Waals surface area (Å²) < 4.78 is 61.2. The maximum absolute atomic E-state index is 13.4. The lowest BCUT2D eigenvalue weighted by Gasteiger charge is -2.31. The van der Waals surface area contributed by atoms with Crippen LogP contribution in [0.4, 0.5) is 24.5 Å². The minimum Gasteiger partial charge on any atom is -0.475 e. The number of piperazine rings is 1. The summed E-state index contributed by atoms with van der Waals surface area (Å²) in [5.41, 5.74) is 2.82. The van der Waals surface area contributed by atoms with Crippen molar-refractivity contribution in [3.05, 3.63) is 53.1 Å². The maximum Gasteiger partial charge on any atom is 0.490 e. The van der Waals surface area contributed by atoms with Gasteiger partial charge in [0.2, 0.25) is 5.91 Å². The van der Waals surface area contributed by atoms with Gasteiger partial charge in [-0.15, -0.1) is 0 Å². The summed E-state index contributed by atoms with van der Waals surface area (Å²) in [5, 5.41) is 13.2. The van der Waals surface area contributed by atoms with Gasteiger partial charge in [-0.05, 0) is 55.7 Å². The molecule has 0 unspecified atom stereocenters. The highest BCUT2D eigenvalue weighted by Gasteiger charge is 2.38. The molecule has 4 N–H and O–H groups in total. The number of rotatable bonds is 9. The second-order valence-corrected chi connectivity index (χ2v) is 11.3. The van der Waals surface area contributed by atoms with Crippen LogP contribution in [0.2, 0.25) is 0 Å². The molecule has 0 radical (unpaired) electrons. The number of anilines is 2. The quantitative estimate of drug-likeness (QED) is 0.337. The molecule has 0 aromatic heterocycles. The van der Waals surface area contributed by atoms with Crippen molar-refractivity contribution in [2.75, 3.05) is 55.9 Å². The molecule has 1 aliphatic heterocycles. The molecule has 0 atom stereocenters. The summed E-state index contributed by atoms with van der Waals surface area (Å²) in [4.78, 5) is 37.7. The topological polar surface area (TPSA) is 148 Å². The molecule has 0 spiro atoms. The molecule has 1 fully saturated rings. The van der Waals surface area contributed by atoms with E-state index in [1.807, 2.05) is 19.9 Å². The molecule has 2 aromatic carbocycles. The third-order valence-electron chi connectivity index (χ3n) is 6.12. The van der Waals surface area contributed by atoms with Crippen LogP contribution in [-0.4, -0.2) is 88.7 Å². The number of nitrogens with one attached hydrogen (secondary N) is 3. The van der Waals surface area contributed by atoms with Crippen molar-refractivity contribution >= 4 is 39.2 Å². The fraction of sp³-hybridized carbons (Fsp3) is 0.444. The van der Waals surface area contributed by atoms with E-state index in [-0.39, 0.29) is 23.3 Å². The number of likely N-dealkylation sites (N-methyl/N-ethyl adjacent to an activating group) is 1. The summed E-state index contributed by atoms with van der Waals surface area (Å²) in [6, 6.07) is 10.3. The van der Waals surface area contributed by atoms with Gasteiger partial charge in [0, 0.05) is 45.3 Å². The third kappa shape index (κ3) is 9.91. The fourth-order valence-corrected chi connectivity index (χ4v) is 5.35. The van der Waals surface area contributed by atoms with E-state index in [4.69, 9.17) is 9.90 Å². The Labute approximate surface area is 243 Å². The number of aryl methyl sites for hydroxylation is 2. The van der Waals surface area contributed by atoms with Crippen LogP contribution in [0.1, 0.15) is 34.8 Å². The highest BCUT2D eigenvalue weighted by Crippen LogP contribution is 2.31. The number of hydrogen-bond donors (Lipinski definition) is 4. The van der Waals surface area contributed by atoms with Crippen LogP contribution >= 0.6 is 0 Å². The summed E-state index contributed by atoms with van der Waals surface area (Å²) in [6.45, 7) is 8.99. The Morgan fingerprint density at radius 2 is 1.69 bits per heavy atom. The van der Waals surface area contributed by atoms with E-state index in [1.54, 1.807) is 44.3 Å². The average Bonchev–Trinajstić information content (AvgIpc) is 2.92. The summed E-state index contributed by atoms with van der Waals surface area (Å²) >= 11 is 0. The number of sulfonamides is 1. The summed E-state index contributed by atoms with van der Waals surface area (Å²) in [5.74, 6) is -3.36. The van der Waals surface area contributed by atoms with Crippen molar-refractivity contribution in [3.63, 3.8) is 0 Å². The number of nitrogens with zero attached hydrogens (tertiary/aromatic N) is 2. The predicted molar refractivity (Wildman–Crippen MR) is 152 cm³/mol. The molecule has 0 saturated carbocycles. The van der Waals surface area contributed by atoms with E-state index >= 15 is 0 Å². The lowest BCUT2D eigenvalue weighted by Crippen LogP contribution is -2.44. The van der Waals surface area contributed by atoms with Gasteiger partial charge in [0.1, 0.15) is 0 Å². The predicted octanol–water partition coefficient (Wildman–Crippen LogP) is 2.75. The molecule has 232 valence electrons. The highest BCUT2D eigenvalue weighted by atomic mass is 32.2. The van der Waals surface area contributed by atoms with Crippen LogP contribution in [-0.2, 0) is 19.6 Å². The first-order valence-corrected chi connectivity index (χ1v) is 14.6. The van der Waals surface area contributed by atoms with Crippen LogP contribution in [0.25, 0.3) is 0 Å². The molecule has 1 aliphatic rings. The molecule has 1 saturated heterocycles. The molecule has 0 bridgehead atoms. The van der Waals surface area contributed by atoms with Gasteiger partial charge < -0.3 is 25.5 Å². The maximum atomic E-state index is 13.4. The largest absolute Gasteiger partial charge is 0.490 e. The van der Waals surface area contributed by atoms with E-state index in [1.165, 1.54) is 4.90 Å². The summed E-state index contributed by atoms with van der Waals surface area (Å²) in [7, 11) is -2.35. The number of carbonyl (C=O) groups is 3. The van der Waals surface area contributed by atoms with Crippen LogP contribution in [0.5, 0.6) is 0 Å². The number of benzene rings is 2. The number of hydrogen-bond acceptors (Lipinski definition) is 7. The number of alkyl halides is 3. The van der Waals surface area contributed by atoms with Crippen molar-refractivity contribution < 1.29 is 41.1 Å². The SMILES string of the molecule is CCCNC(=O)CN(C)C(=O)c1ccc(N2CCNCC2)c(NS(=O)(=O)c2cc(C)ccc2C)c1.O=C(O)C(F)(F)F. The Kier molecular flexibility index (Phi) is 12.2. The minimum absolute atomic E-state index is 0.0814. The Morgan fingerprint density at radius 3 is 2.26 bits per heavy atom. The molecular formula is C27H36F3N5O6S. The van der Waals surface area contributed by atoms with E-state index in [0.717, 1.165) is 25.1 Å². The van der Waals surface area contributed by atoms with Gasteiger partial charge in [0.05, 0.1) is 22.8 Å². The zero-order chi connectivity index (χ0) is 31.7. The van der Waals surface area contributed by atoms with Crippen molar-refractivity contribution in [2.45, 2.75) is 38.3 Å². The van der Waals surface area contributed by atoms with Gasteiger partial charge in [-0.1, -0.05) is 19.1 Å². The van der Waals surface area contributed by atoms with E-state index in [9.17, 15) is 31.2 Å². The lowest BCUT2D eigenvalue weighted by molar-refractivity contribution is -0.192. The number of carbonyl (C=O) groups excluding carboxylic acids is 2. The average molecular weight is 616 g/mol. The molecule has 0 aliphatic carbocycles. The molecule has 3 rings (SSSR count). The van der Waals surface area contributed by atoms with Gasteiger partial charge in [0.25, 0.3) is 15.9 Å². The molecule has 2 amide bonds. The first-order valence-electron chi connectivity index (χ1n) is 13.1. The van der Waals surface area contributed by atoms with Crippen molar-refractivity contribution in [1.82, 2.24) is 15.5 Å². The monoisotopic (exact) mass is 615 g/mol. The fourth-order valence-electron chi connectivity index (χ4n) is 3.96. The second-order valence-electron chi connectivity index (χ2n) is 9.66. The normalized spacial score (nSPS) is 13.5. The molecule has 11 nitrogen and oxygen atoms in total. The first kappa shape index (κ1) is 34.4. The van der Waals surface area contributed by atoms with E-state index in [0.29, 0.717) is 42.1 Å². The number of halogens is 3. The van der Waals surface area contributed by atoms with Gasteiger partial charge in [-0.25, -0.2) is 13.2 Å². The van der Waals surface area contributed by atoms with Crippen LogP contribution in [0.3, 0.4) is 0 Å². The minimum atomic E-state index is -5.08. The molecule has 15 heteroatoms. The van der Waals surface area contributed by atoms with Crippen molar-refractivity contribution in [1.29, 1.82) is 0 Å². The first-order chi connectivity index (χ1) is 19.6.